The van der Waals surface area contributed by atoms with Crippen LogP contribution in [0.3, 0.4) is 0 Å². The Balaban J connectivity index is 2.33. The number of carbonyl (C=O) groups excluding carboxylic acids is 1. The number of carbonyl (C=O) groups is 1. The number of thiazole rings is 1. The van der Waals surface area contributed by atoms with E-state index in [0.717, 1.165) is 0 Å². The van der Waals surface area contributed by atoms with Crippen LogP contribution in [-0.2, 0) is 0 Å². The number of nitrogens with zero attached hydrogens (tertiary/aromatic N) is 3. The van der Waals surface area contributed by atoms with Crippen LogP contribution in [0.1, 0.15) is 10.5 Å². The van der Waals surface area contributed by atoms with Crippen LogP contribution in [0.25, 0.3) is 16.2 Å². The van der Waals surface area contributed by atoms with Crippen molar-refractivity contribution >= 4 is 28.3 Å². The lowest BCUT2D eigenvalue weighted by Gasteiger charge is -2.00. The molecule has 94 valence electrons. The van der Waals surface area contributed by atoms with E-state index in [-0.39, 0.29) is 5.69 Å². The summed E-state index contributed by atoms with van der Waals surface area (Å²) < 4.78 is 1.63. The molecule has 0 amide bonds. The van der Waals surface area contributed by atoms with E-state index >= 15 is 0 Å². The van der Waals surface area contributed by atoms with Crippen molar-refractivity contribution in [2.75, 3.05) is 0 Å². The Kier molecular flexibility index (Phi) is 2.60. The number of nitro benzene ring substituents is 1. The van der Waals surface area contributed by atoms with Gasteiger partial charge in [-0.15, -0.1) is 11.3 Å². The van der Waals surface area contributed by atoms with Gasteiger partial charge in [-0.3, -0.25) is 19.3 Å². The molecule has 6 nitrogen and oxygen atoms in total. The molecule has 0 unspecified atom stereocenters. The van der Waals surface area contributed by atoms with Gasteiger partial charge in [0.15, 0.2) is 11.2 Å². The molecular weight excluding hydrogens is 266 g/mol. The molecule has 0 bridgehead atoms. The number of fused-ring (bicyclic) bond motifs is 1. The molecule has 0 fully saturated rings. The highest BCUT2D eigenvalue weighted by Crippen LogP contribution is 2.32. The van der Waals surface area contributed by atoms with E-state index in [4.69, 9.17) is 0 Å². The number of imidazole rings is 1. The van der Waals surface area contributed by atoms with Gasteiger partial charge in [0.25, 0.3) is 5.69 Å². The lowest BCUT2D eigenvalue weighted by Crippen LogP contribution is -1.95. The van der Waals surface area contributed by atoms with Crippen LogP contribution in [0.4, 0.5) is 5.69 Å². The molecule has 0 atom stereocenters. The van der Waals surface area contributed by atoms with Crippen molar-refractivity contribution in [3.8, 4) is 11.3 Å². The summed E-state index contributed by atoms with van der Waals surface area (Å²) in [5.41, 5.74) is 0.960. The number of aromatic nitrogens is 2. The first-order valence-corrected chi connectivity index (χ1v) is 6.25. The molecule has 7 heteroatoms. The second kappa shape index (κ2) is 4.29. The highest BCUT2D eigenvalue weighted by atomic mass is 32.1. The summed E-state index contributed by atoms with van der Waals surface area (Å²) in [7, 11) is 0. The van der Waals surface area contributed by atoms with Gasteiger partial charge in [-0.2, -0.15) is 0 Å². The van der Waals surface area contributed by atoms with E-state index in [1.165, 1.54) is 17.4 Å². The van der Waals surface area contributed by atoms with Crippen molar-refractivity contribution in [3.05, 3.63) is 51.7 Å². The van der Waals surface area contributed by atoms with Crippen molar-refractivity contribution in [3.63, 3.8) is 0 Å². The smallest absolute Gasteiger partial charge is 0.278 e. The average Bonchev–Trinajstić information content (AvgIpc) is 2.98. The van der Waals surface area contributed by atoms with Gasteiger partial charge in [-0.25, -0.2) is 4.98 Å². The van der Waals surface area contributed by atoms with Crippen LogP contribution < -0.4 is 0 Å². The molecule has 0 aliphatic carbocycles. The van der Waals surface area contributed by atoms with E-state index in [1.54, 1.807) is 34.2 Å². The van der Waals surface area contributed by atoms with Gasteiger partial charge in [0.2, 0.25) is 0 Å². The minimum atomic E-state index is -0.475. The second-order valence-corrected chi connectivity index (χ2v) is 4.67. The van der Waals surface area contributed by atoms with E-state index in [2.05, 4.69) is 4.98 Å². The number of hydrogen-bond acceptors (Lipinski definition) is 5. The summed E-state index contributed by atoms with van der Waals surface area (Å²) in [5, 5.41) is 12.8. The lowest BCUT2D eigenvalue weighted by molar-refractivity contribution is -0.384. The van der Waals surface area contributed by atoms with Crippen molar-refractivity contribution in [1.82, 2.24) is 9.38 Å². The fourth-order valence-electron chi connectivity index (χ4n) is 1.95. The van der Waals surface area contributed by atoms with Crippen molar-refractivity contribution < 1.29 is 9.72 Å². The van der Waals surface area contributed by atoms with E-state index in [0.29, 0.717) is 28.2 Å². The Hall–Kier alpha value is -2.54. The van der Waals surface area contributed by atoms with Crippen LogP contribution in [0.5, 0.6) is 0 Å². The zero-order valence-electron chi connectivity index (χ0n) is 9.52. The number of para-hydroxylation sites is 1. The fourth-order valence-corrected chi connectivity index (χ4v) is 2.67. The summed E-state index contributed by atoms with van der Waals surface area (Å²) in [6.07, 6.45) is 2.38. The molecule has 0 saturated carbocycles. The monoisotopic (exact) mass is 273 g/mol. The van der Waals surface area contributed by atoms with Crippen LogP contribution in [0.2, 0.25) is 0 Å². The number of nitro groups is 1. The maximum absolute atomic E-state index is 11.2. The van der Waals surface area contributed by atoms with Crippen LogP contribution in [-0.4, -0.2) is 20.6 Å². The molecule has 0 spiro atoms. The number of rotatable bonds is 3. The van der Waals surface area contributed by atoms with Gasteiger partial charge in [-0.1, -0.05) is 12.1 Å². The highest BCUT2D eigenvalue weighted by Gasteiger charge is 2.21. The molecule has 0 N–H and O–H groups in total. The molecule has 0 saturated heterocycles. The van der Waals surface area contributed by atoms with Gasteiger partial charge in [0.1, 0.15) is 11.4 Å². The van der Waals surface area contributed by atoms with Crippen molar-refractivity contribution in [2.24, 2.45) is 0 Å². The third-order valence-corrected chi connectivity index (χ3v) is 3.52. The van der Waals surface area contributed by atoms with E-state index in [1.807, 2.05) is 0 Å². The topological polar surface area (TPSA) is 77.5 Å². The summed E-state index contributed by atoms with van der Waals surface area (Å²) in [6.45, 7) is 0. The first kappa shape index (κ1) is 11.5. The van der Waals surface area contributed by atoms with Gasteiger partial charge in [0.05, 0.1) is 10.5 Å². The molecule has 3 rings (SSSR count). The average molecular weight is 273 g/mol. The molecule has 2 aromatic heterocycles. The Bertz CT molecular complexity index is 790. The SMILES string of the molecule is O=Cc1c(-c2ccccc2[N+](=O)[O-])nc2sccn12. The molecule has 0 aliphatic heterocycles. The minimum Gasteiger partial charge on any atom is -0.296 e. The Morgan fingerprint density at radius 3 is 2.89 bits per heavy atom. The van der Waals surface area contributed by atoms with Gasteiger partial charge < -0.3 is 0 Å². The summed E-state index contributed by atoms with van der Waals surface area (Å²) in [6, 6.07) is 6.26. The largest absolute Gasteiger partial charge is 0.296 e. The lowest BCUT2D eigenvalue weighted by atomic mass is 10.1. The first-order valence-electron chi connectivity index (χ1n) is 5.37. The Morgan fingerprint density at radius 1 is 1.37 bits per heavy atom. The summed E-state index contributed by atoms with van der Waals surface area (Å²) in [4.78, 5) is 26.7. The standard InChI is InChI=1S/C12H7N3O3S/c16-7-10-11(13-12-14(10)5-6-19-12)8-3-1-2-4-9(8)15(17)18/h1-7H. The molecule has 1 aromatic carbocycles. The molecule has 0 radical (unpaired) electrons. The quantitative estimate of drug-likeness (QED) is 0.417. The van der Waals surface area contributed by atoms with Gasteiger partial charge in [-0.05, 0) is 6.07 Å². The molecule has 19 heavy (non-hydrogen) atoms. The van der Waals surface area contributed by atoms with Crippen LogP contribution >= 0.6 is 11.3 Å². The number of benzene rings is 1. The molecular formula is C12H7N3O3S. The van der Waals surface area contributed by atoms with Gasteiger partial charge in [0, 0.05) is 17.6 Å². The molecule has 0 aliphatic rings. The zero-order chi connectivity index (χ0) is 13.4. The van der Waals surface area contributed by atoms with Crippen molar-refractivity contribution in [1.29, 1.82) is 0 Å². The normalized spacial score (nSPS) is 10.7. The Morgan fingerprint density at radius 2 is 2.16 bits per heavy atom. The van der Waals surface area contributed by atoms with E-state index in [9.17, 15) is 14.9 Å². The van der Waals surface area contributed by atoms with E-state index < -0.39 is 4.92 Å². The fraction of sp³-hybridized carbons (Fsp3) is 0. The van der Waals surface area contributed by atoms with Crippen LogP contribution in [0, 0.1) is 10.1 Å². The summed E-state index contributed by atoms with van der Waals surface area (Å²) in [5.74, 6) is 0. The minimum absolute atomic E-state index is 0.0589. The predicted octanol–water partition coefficient (Wildman–Crippen LogP) is 2.78. The maximum atomic E-state index is 11.2. The zero-order valence-corrected chi connectivity index (χ0v) is 10.3. The third-order valence-electron chi connectivity index (χ3n) is 2.77. The highest BCUT2D eigenvalue weighted by molar-refractivity contribution is 7.15. The first-order chi connectivity index (χ1) is 9.22. The Labute approximate surface area is 111 Å². The number of aldehydes is 1. The maximum Gasteiger partial charge on any atom is 0.278 e. The predicted molar refractivity (Wildman–Crippen MR) is 70.5 cm³/mol. The summed E-state index contributed by atoms with van der Waals surface area (Å²) >= 11 is 1.37. The van der Waals surface area contributed by atoms with Crippen molar-refractivity contribution in [2.45, 2.75) is 0 Å². The second-order valence-electron chi connectivity index (χ2n) is 3.79. The van der Waals surface area contributed by atoms with Crippen LogP contribution in [0.15, 0.2) is 35.8 Å². The third kappa shape index (κ3) is 1.71. The number of hydrogen-bond donors (Lipinski definition) is 0. The van der Waals surface area contributed by atoms with Gasteiger partial charge >= 0.3 is 0 Å². The molecule has 3 aromatic rings. The molecule has 2 heterocycles.